The Morgan fingerprint density at radius 2 is 2.00 bits per heavy atom. The molecule has 0 spiro atoms. The van der Waals surface area contributed by atoms with Gasteiger partial charge in [-0.25, -0.2) is 9.97 Å². The van der Waals surface area contributed by atoms with Crippen LogP contribution >= 0.6 is 0 Å². The molecule has 0 bridgehead atoms. The Bertz CT molecular complexity index is 371. The molecule has 0 radical (unpaired) electrons. The summed E-state index contributed by atoms with van der Waals surface area (Å²) in [7, 11) is 0. The van der Waals surface area contributed by atoms with Gasteiger partial charge in [0, 0.05) is 16.8 Å². The van der Waals surface area contributed by atoms with Crippen molar-refractivity contribution in [3.05, 3.63) is 17.6 Å². The highest BCUT2D eigenvalue weighted by molar-refractivity contribution is 5.48. The maximum Gasteiger partial charge on any atom is 0.133 e. The topological polar surface area (TPSA) is 37.8 Å². The second-order valence-corrected chi connectivity index (χ2v) is 5.22. The van der Waals surface area contributed by atoms with Crippen LogP contribution in [0.4, 0.5) is 5.82 Å². The molecule has 88 valence electrons. The van der Waals surface area contributed by atoms with Crippen molar-refractivity contribution in [2.45, 2.75) is 58.4 Å². The SMILES string of the molecule is CCC(C)(C)Nc1ncnc2c1CCCC2. The average molecular weight is 219 g/mol. The predicted octanol–water partition coefficient (Wildman–Crippen LogP) is 2.96. The van der Waals surface area contributed by atoms with E-state index >= 15 is 0 Å². The quantitative estimate of drug-likeness (QED) is 0.849. The van der Waals surface area contributed by atoms with Gasteiger partial charge in [-0.05, 0) is 46.0 Å². The van der Waals surface area contributed by atoms with Crippen molar-refractivity contribution in [3.63, 3.8) is 0 Å². The molecule has 1 heterocycles. The molecule has 1 aliphatic rings. The molecule has 0 unspecified atom stereocenters. The van der Waals surface area contributed by atoms with E-state index in [1.54, 1.807) is 6.33 Å². The van der Waals surface area contributed by atoms with Crippen LogP contribution in [0.3, 0.4) is 0 Å². The number of nitrogens with one attached hydrogen (secondary N) is 1. The number of hydrogen-bond acceptors (Lipinski definition) is 3. The monoisotopic (exact) mass is 219 g/mol. The van der Waals surface area contributed by atoms with E-state index in [4.69, 9.17) is 0 Å². The Kier molecular flexibility index (Phi) is 3.13. The summed E-state index contributed by atoms with van der Waals surface area (Å²) in [6.45, 7) is 6.62. The molecular weight excluding hydrogens is 198 g/mol. The fourth-order valence-electron chi connectivity index (χ4n) is 2.04. The molecule has 1 N–H and O–H groups in total. The molecule has 1 aliphatic carbocycles. The predicted molar refractivity (Wildman–Crippen MR) is 66.7 cm³/mol. The standard InChI is InChI=1S/C13H21N3/c1-4-13(2,3)16-12-10-7-5-6-8-11(10)14-9-15-12/h9H,4-8H2,1-3H3,(H,14,15,16). The van der Waals surface area contributed by atoms with Gasteiger partial charge in [0.2, 0.25) is 0 Å². The van der Waals surface area contributed by atoms with E-state index in [1.165, 1.54) is 24.1 Å². The molecule has 0 amide bonds. The maximum atomic E-state index is 4.40. The van der Waals surface area contributed by atoms with Gasteiger partial charge in [0.1, 0.15) is 12.1 Å². The van der Waals surface area contributed by atoms with Crippen LogP contribution in [-0.4, -0.2) is 15.5 Å². The number of nitrogens with zero attached hydrogens (tertiary/aromatic N) is 2. The highest BCUT2D eigenvalue weighted by atomic mass is 15.1. The van der Waals surface area contributed by atoms with E-state index in [1.807, 2.05) is 0 Å². The van der Waals surface area contributed by atoms with Gasteiger partial charge < -0.3 is 5.32 Å². The van der Waals surface area contributed by atoms with Crippen LogP contribution in [0.5, 0.6) is 0 Å². The fourth-order valence-corrected chi connectivity index (χ4v) is 2.04. The van der Waals surface area contributed by atoms with E-state index in [0.29, 0.717) is 0 Å². The summed E-state index contributed by atoms with van der Waals surface area (Å²) in [5.41, 5.74) is 2.70. The number of rotatable bonds is 3. The van der Waals surface area contributed by atoms with Crippen molar-refractivity contribution >= 4 is 5.82 Å². The molecule has 0 atom stereocenters. The number of anilines is 1. The van der Waals surface area contributed by atoms with Crippen LogP contribution in [0.1, 0.15) is 51.3 Å². The summed E-state index contributed by atoms with van der Waals surface area (Å²) < 4.78 is 0. The Hall–Kier alpha value is -1.12. The van der Waals surface area contributed by atoms with Crippen LogP contribution in [-0.2, 0) is 12.8 Å². The minimum Gasteiger partial charge on any atom is -0.365 e. The summed E-state index contributed by atoms with van der Waals surface area (Å²) in [5.74, 6) is 1.05. The van der Waals surface area contributed by atoms with E-state index in [2.05, 4.69) is 36.1 Å². The number of aromatic nitrogens is 2. The number of aryl methyl sites for hydroxylation is 1. The first-order valence-corrected chi connectivity index (χ1v) is 6.23. The lowest BCUT2D eigenvalue weighted by Crippen LogP contribution is -2.31. The Morgan fingerprint density at radius 1 is 1.25 bits per heavy atom. The van der Waals surface area contributed by atoms with E-state index < -0.39 is 0 Å². The zero-order valence-corrected chi connectivity index (χ0v) is 10.5. The number of hydrogen-bond donors (Lipinski definition) is 1. The van der Waals surface area contributed by atoms with Crippen LogP contribution in [0.2, 0.25) is 0 Å². The second-order valence-electron chi connectivity index (χ2n) is 5.22. The molecule has 0 aromatic carbocycles. The largest absolute Gasteiger partial charge is 0.365 e. The molecule has 2 rings (SSSR count). The van der Waals surface area contributed by atoms with E-state index in [0.717, 1.165) is 25.1 Å². The van der Waals surface area contributed by atoms with Gasteiger partial charge in [-0.15, -0.1) is 0 Å². The van der Waals surface area contributed by atoms with Gasteiger partial charge in [0.15, 0.2) is 0 Å². The van der Waals surface area contributed by atoms with Gasteiger partial charge in [0.25, 0.3) is 0 Å². The van der Waals surface area contributed by atoms with E-state index in [9.17, 15) is 0 Å². The Balaban J connectivity index is 2.27. The third kappa shape index (κ3) is 2.34. The number of fused-ring (bicyclic) bond motifs is 1. The Labute approximate surface area is 97.7 Å². The third-order valence-electron chi connectivity index (χ3n) is 3.47. The fraction of sp³-hybridized carbons (Fsp3) is 0.692. The Morgan fingerprint density at radius 3 is 2.75 bits per heavy atom. The van der Waals surface area contributed by atoms with Crippen LogP contribution < -0.4 is 5.32 Å². The highest BCUT2D eigenvalue weighted by Crippen LogP contribution is 2.26. The van der Waals surface area contributed by atoms with Gasteiger partial charge in [-0.1, -0.05) is 6.92 Å². The molecule has 0 fully saturated rings. The average Bonchev–Trinajstić information content (AvgIpc) is 2.29. The minimum absolute atomic E-state index is 0.111. The molecule has 0 aliphatic heterocycles. The molecule has 1 aromatic heterocycles. The lowest BCUT2D eigenvalue weighted by atomic mass is 9.95. The van der Waals surface area contributed by atoms with Crippen molar-refractivity contribution < 1.29 is 0 Å². The highest BCUT2D eigenvalue weighted by Gasteiger charge is 2.20. The summed E-state index contributed by atoms with van der Waals surface area (Å²) >= 11 is 0. The van der Waals surface area contributed by atoms with Crippen LogP contribution in [0.15, 0.2) is 6.33 Å². The molecule has 3 heteroatoms. The third-order valence-corrected chi connectivity index (χ3v) is 3.47. The first kappa shape index (κ1) is 11.4. The molecule has 3 nitrogen and oxygen atoms in total. The summed E-state index contributed by atoms with van der Waals surface area (Å²) in [6.07, 6.45) is 7.55. The van der Waals surface area contributed by atoms with Crippen molar-refractivity contribution in [1.82, 2.24) is 9.97 Å². The zero-order valence-electron chi connectivity index (χ0n) is 10.5. The maximum absolute atomic E-state index is 4.40. The molecule has 1 aromatic rings. The second kappa shape index (κ2) is 4.40. The molecule has 0 saturated carbocycles. The molecular formula is C13H21N3. The van der Waals surface area contributed by atoms with Crippen molar-refractivity contribution in [2.75, 3.05) is 5.32 Å². The smallest absolute Gasteiger partial charge is 0.133 e. The molecule has 0 saturated heterocycles. The summed E-state index contributed by atoms with van der Waals surface area (Å²) in [5, 5.41) is 3.54. The summed E-state index contributed by atoms with van der Waals surface area (Å²) in [4.78, 5) is 8.79. The van der Waals surface area contributed by atoms with Gasteiger partial charge in [0.05, 0.1) is 0 Å². The first-order chi connectivity index (χ1) is 7.62. The zero-order chi connectivity index (χ0) is 11.6. The van der Waals surface area contributed by atoms with Crippen LogP contribution in [0.25, 0.3) is 0 Å². The van der Waals surface area contributed by atoms with Gasteiger partial charge >= 0.3 is 0 Å². The first-order valence-electron chi connectivity index (χ1n) is 6.23. The lowest BCUT2D eigenvalue weighted by Gasteiger charge is -2.28. The minimum atomic E-state index is 0.111. The lowest BCUT2D eigenvalue weighted by molar-refractivity contribution is 0.541. The summed E-state index contributed by atoms with van der Waals surface area (Å²) in [6, 6.07) is 0. The normalized spacial score (nSPS) is 15.7. The van der Waals surface area contributed by atoms with Crippen LogP contribution in [0, 0.1) is 0 Å². The molecule has 16 heavy (non-hydrogen) atoms. The van der Waals surface area contributed by atoms with Crippen molar-refractivity contribution in [1.29, 1.82) is 0 Å². The van der Waals surface area contributed by atoms with Crippen molar-refractivity contribution in [3.8, 4) is 0 Å². The van der Waals surface area contributed by atoms with Crippen molar-refractivity contribution in [2.24, 2.45) is 0 Å². The van der Waals surface area contributed by atoms with E-state index in [-0.39, 0.29) is 5.54 Å². The van der Waals surface area contributed by atoms with Gasteiger partial charge in [-0.2, -0.15) is 0 Å². The van der Waals surface area contributed by atoms with Gasteiger partial charge in [-0.3, -0.25) is 0 Å².